The Morgan fingerprint density at radius 2 is 1.71 bits per heavy atom. The molecule has 0 spiro atoms. The van der Waals surface area contributed by atoms with E-state index in [1.807, 2.05) is 24.3 Å². The number of benzene rings is 2. The van der Waals surface area contributed by atoms with Gasteiger partial charge in [0.1, 0.15) is 5.75 Å². The van der Waals surface area contributed by atoms with Crippen LogP contribution in [0.15, 0.2) is 36.4 Å². The van der Waals surface area contributed by atoms with Crippen LogP contribution in [0.4, 0.5) is 0 Å². The lowest BCUT2D eigenvalue weighted by atomic mass is 10.1. The van der Waals surface area contributed by atoms with E-state index in [2.05, 4.69) is 22.6 Å². The highest BCUT2D eigenvalue weighted by molar-refractivity contribution is 14.1. The van der Waals surface area contributed by atoms with Gasteiger partial charge >= 0.3 is 0 Å². The Hall–Kier alpha value is -1.96. The number of hydrogen-bond donors (Lipinski definition) is 0. The van der Waals surface area contributed by atoms with Gasteiger partial charge in [-0.2, -0.15) is 0 Å². The van der Waals surface area contributed by atoms with Crippen LogP contribution < -0.4 is 14.2 Å². The van der Waals surface area contributed by atoms with Crippen LogP contribution in [0.3, 0.4) is 0 Å². The minimum Gasteiger partial charge on any atom is -0.497 e. The molecule has 2 aromatic rings. The summed E-state index contributed by atoms with van der Waals surface area (Å²) in [5, 5.41) is 0. The smallest absolute Gasteiger partial charge is 0.255 e. The van der Waals surface area contributed by atoms with Crippen molar-refractivity contribution in [2.24, 2.45) is 0 Å². The molecule has 5 nitrogen and oxygen atoms in total. The second kappa shape index (κ2) is 8.23. The summed E-state index contributed by atoms with van der Waals surface area (Å²) in [7, 11) is 6.53. The third-order valence-corrected chi connectivity index (χ3v) is 4.50. The monoisotopic (exact) mass is 441 g/mol. The highest BCUT2D eigenvalue weighted by Crippen LogP contribution is 2.32. The van der Waals surface area contributed by atoms with Crippen molar-refractivity contribution < 1.29 is 19.0 Å². The molecule has 0 fully saturated rings. The zero-order chi connectivity index (χ0) is 17.7. The maximum Gasteiger partial charge on any atom is 0.255 e. The second-order valence-corrected chi connectivity index (χ2v) is 6.36. The van der Waals surface area contributed by atoms with Gasteiger partial charge in [0.05, 0.1) is 26.9 Å². The van der Waals surface area contributed by atoms with E-state index in [0.717, 1.165) is 14.9 Å². The lowest BCUT2D eigenvalue weighted by Gasteiger charge is -2.19. The normalized spacial score (nSPS) is 10.2. The highest BCUT2D eigenvalue weighted by atomic mass is 127. The minimum absolute atomic E-state index is 0.0804. The molecule has 6 heteroatoms. The number of ether oxygens (including phenoxy) is 3. The summed E-state index contributed by atoms with van der Waals surface area (Å²) in [5.41, 5.74) is 1.58. The number of halogens is 1. The molecule has 0 N–H and O–H groups in total. The maximum atomic E-state index is 12.8. The zero-order valence-electron chi connectivity index (χ0n) is 14.1. The van der Waals surface area contributed by atoms with Gasteiger partial charge in [-0.1, -0.05) is 12.1 Å². The summed E-state index contributed by atoms with van der Waals surface area (Å²) in [4.78, 5) is 14.5. The standard InChI is InChI=1S/C18H20INO4/c1-20(11-12-6-5-7-13(8-12)22-2)18(21)14-9-16(23-3)17(24-4)10-15(14)19/h5-10H,11H2,1-4H3. The number of methoxy groups -OCH3 is 3. The maximum absolute atomic E-state index is 12.8. The molecule has 0 radical (unpaired) electrons. The molecule has 128 valence electrons. The predicted molar refractivity (Wildman–Crippen MR) is 101 cm³/mol. The van der Waals surface area contributed by atoms with Crippen molar-refractivity contribution in [1.29, 1.82) is 0 Å². The van der Waals surface area contributed by atoms with Gasteiger partial charge < -0.3 is 19.1 Å². The Labute approximate surface area is 155 Å². The fourth-order valence-corrected chi connectivity index (χ4v) is 3.01. The third-order valence-electron chi connectivity index (χ3n) is 3.60. The number of carbonyl (C=O) groups is 1. The van der Waals surface area contributed by atoms with Gasteiger partial charge in [-0.05, 0) is 52.4 Å². The van der Waals surface area contributed by atoms with Crippen molar-refractivity contribution in [2.75, 3.05) is 28.4 Å². The van der Waals surface area contributed by atoms with Crippen LogP contribution in [0.2, 0.25) is 0 Å². The molecule has 24 heavy (non-hydrogen) atoms. The Kier molecular flexibility index (Phi) is 6.30. The molecule has 0 saturated carbocycles. The molecule has 0 aliphatic carbocycles. The summed E-state index contributed by atoms with van der Waals surface area (Å²) < 4.78 is 16.6. The highest BCUT2D eigenvalue weighted by Gasteiger charge is 2.19. The van der Waals surface area contributed by atoms with Gasteiger partial charge in [-0.15, -0.1) is 0 Å². The summed E-state index contributed by atoms with van der Waals surface area (Å²) >= 11 is 2.13. The van der Waals surface area contributed by atoms with Crippen LogP contribution in [-0.2, 0) is 6.54 Å². The average molecular weight is 441 g/mol. The van der Waals surface area contributed by atoms with Crippen molar-refractivity contribution in [3.63, 3.8) is 0 Å². The molecule has 0 atom stereocenters. The molecule has 2 aromatic carbocycles. The van der Waals surface area contributed by atoms with E-state index in [9.17, 15) is 4.79 Å². The van der Waals surface area contributed by atoms with Gasteiger partial charge in [-0.3, -0.25) is 4.79 Å². The van der Waals surface area contributed by atoms with Crippen LogP contribution in [0.1, 0.15) is 15.9 Å². The van der Waals surface area contributed by atoms with Crippen LogP contribution in [0.5, 0.6) is 17.2 Å². The van der Waals surface area contributed by atoms with Crippen molar-refractivity contribution in [3.05, 3.63) is 51.1 Å². The van der Waals surface area contributed by atoms with E-state index in [0.29, 0.717) is 23.6 Å². The number of nitrogens with zero attached hydrogens (tertiary/aromatic N) is 1. The van der Waals surface area contributed by atoms with Crippen molar-refractivity contribution in [1.82, 2.24) is 4.90 Å². The van der Waals surface area contributed by atoms with Gasteiger partial charge in [0.25, 0.3) is 5.91 Å². The van der Waals surface area contributed by atoms with E-state index in [1.54, 1.807) is 45.4 Å². The van der Waals surface area contributed by atoms with Gasteiger partial charge in [0.15, 0.2) is 11.5 Å². The fourth-order valence-electron chi connectivity index (χ4n) is 2.34. The summed E-state index contributed by atoms with van der Waals surface area (Å²) in [5.74, 6) is 1.84. The largest absolute Gasteiger partial charge is 0.497 e. The third kappa shape index (κ3) is 4.11. The molecule has 0 saturated heterocycles. The molecule has 0 bridgehead atoms. The minimum atomic E-state index is -0.0804. The summed E-state index contributed by atoms with van der Waals surface area (Å²) in [6.07, 6.45) is 0. The molecule has 0 heterocycles. The zero-order valence-corrected chi connectivity index (χ0v) is 16.3. The first-order chi connectivity index (χ1) is 11.5. The van der Waals surface area contributed by atoms with E-state index >= 15 is 0 Å². The van der Waals surface area contributed by atoms with E-state index in [-0.39, 0.29) is 5.91 Å². The molecule has 0 aliphatic rings. The first-order valence-electron chi connectivity index (χ1n) is 7.30. The molecular formula is C18H20INO4. The lowest BCUT2D eigenvalue weighted by Crippen LogP contribution is -2.27. The number of carbonyl (C=O) groups excluding carboxylic acids is 1. The Balaban J connectivity index is 2.24. The average Bonchev–Trinajstić information content (AvgIpc) is 2.60. The lowest BCUT2D eigenvalue weighted by molar-refractivity contribution is 0.0783. The van der Waals surface area contributed by atoms with Crippen molar-refractivity contribution >= 4 is 28.5 Å². The topological polar surface area (TPSA) is 48.0 Å². The quantitative estimate of drug-likeness (QED) is 0.644. The van der Waals surface area contributed by atoms with Gasteiger partial charge in [0, 0.05) is 17.2 Å². The first kappa shape index (κ1) is 18.4. The SMILES string of the molecule is COc1cccc(CN(C)C(=O)c2cc(OC)c(OC)cc2I)c1. The summed E-state index contributed by atoms with van der Waals surface area (Å²) in [6, 6.07) is 11.2. The van der Waals surface area contributed by atoms with E-state index in [1.165, 1.54) is 0 Å². The number of hydrogen-bond acceptors (Lipinski definition) is 4. The molecule has 0 aliphatic heterocycles. The number of rotatable bonds is 6. The van der Waals surface area contributed by atoms with Gasteiger partial charge in [-0.25, -0.2) is 0 Å². The van der Waals surface area contributed by atoms with Gasteiger partial charge in [0.2, 0.25) is 0 Å². The molecule has 2 rings (SSSR count). The summed E-state index contributed by atoms with van der Waals surface area (Å²) in [6.45, 7) is 0.487. The fraction of sp³-hybridized carbons (Fsp3) is 0.278. The predicted octanol–water partition coefficient (Wildman–Crippen LogP) is 3.59. The van der Waals surface area contributed by atoms with E-state index < -0.39 is 0 Å². The van der Waals surface area contributed by atoms with E-state index in [4.69, 9.17) is 14.2 Å². The molecule has 0 aromatic heterocycles. The molecule has 1 amide bonds. The number of amides is 1. The Morgan fingerprint density at radius 1 is 1.04 bits per heavy atom. The molecule has 0 unspecified atom stereocenters. The molecular weight excluding hydrogens is 421 g/mol. The second-order valence-electron chi connectivity index (χ2n) is 5.20. The Bertz CT molecular complexity index is 733. The van der Waals surface area contributed by atoms with Crippen LogP contribution in [0, 0.1) is 3.57 Å². The van der Waals surface area contributed by atoms with Crippen LogP contribution in [0.25, 0.3) is 0 Å². The van der Waals surface area contributed by atoms with Crippen LogP contribution in [-0.4, -0.2) is 39.2 Å². The van der Waals surface area contributed by atoms with Crippen LogP contribution >= 0.6 is 22.6 Å². The Morgan fingerprint density at radius 3 is 2.33 bits per heavy atom. The van der Waals surface area contributed by atoms with Crippen molar-refractivity contribution in [3.8, 4) is 17.2 Å². The first-order valence-corrected chi connectivity index (χ1v) is 8.38. The van der Waals surface area contributed by atoms with Crippen molar-refractivity contribution in [2.45, 2.75) is 6.54 Å².